The number of hydrogen-bond acceptors (Lipinski definition) is 5. The number of nitro benzene ring substituents is 1. The summed E-state index contributed by atoms with van der Waals surface area (Å²) in [5.41, 5.74) is 1.33. The summed E-state index contributed by atoms with van der Waals surface area (Å²) in [6.45, 7) is 3.97. The van der Waals surface area contributed by atoms with E-state index in [-0.39, 0.29) is 12.2 Å². The fourth-order valence-corrected chi connectivity index (χ4v) is 1.69. The van der Waals surface area contributed by atoms with E-state index in [0.717, 1.165) is 5.57 Å². The molecule has 0 aliphatic rings. The van der Waals surface area contributed by atoms with Crippen molar-refractivity contribution >= 4 is 29.4 Å². The third kappa shape index (κ3) is 2.17. The maximum Gasteiger partial charge on any atom is 0.420 e. The Bertz CT molecular complexity index is 686. The second-order valence-corrected chi connectivity index (χ2v) is 4.09. The maximum atomic E-state index is 11.6. The van der Waals surface area contributed by atoms with Crippen molar-refractivity contribution in [3.8, 4) is 0 Å². The number of aromatic nitrogens is 1. The van der Waals surface area contributed by atoms with Gasteiger partial charge in [0.15, 0.2) is 5.58 Å². The Morgan fingerprint density at radius 3 is 2.89 bits per heavy atom. The molecule has 0 saturated heterocycles. The second kappa shape index (κ2) is 4.69. The first-order valence-corrected chi connectivity index (χ1v) is 5.71. The zero-order valence-corrected chi connectivity index (χ0v) is 10.2. The molecule has 0 saturated carbocycles. The summed E-state index contributed by atoms with van der Waals surface area (Å²) >= 11 is 4.05. The molecule has 0 unspecified atom stereocenters. The van der Waals surface area contributed by atoms with E-state index in [4.69, 9.17) is 4.42 Å². The molecule has 18 heavy (non-hydrogen) atoms. The topological polar surface area (TPSA) is 78.3 Å². The van der Waals surface area contributed by atoms with Crippen LogP contribution in [0.3, 0.4) is 0 Å². The number of non-ortho nitro benzene ring substituents is 1. The predicted molar refractivity (Wildman–Crippen MR) is 70.1 cm³/mol. The summed E-state index contributed by atoms with van der Waals surface area (Å²) in [5, 5.41) is 10.7. The van der Waals surface area contributed by atoms with Crippen molar-refractivity contribution in [2.75, 3.05) is 5.75 Å². The fraction of sp³-hybridized carbons (Fsp3) is 0.182. The summed E-state index contributed by atoms with van der Waals surface area (Å²) in [4.78, 5) is 21.8. The van der Waals surface area contributed by atoms with Gasteiger partial charge in [-0.15, -0.1) is 0 Å². The van der Waals surface area contributed by atoms with Crippen LogP contribution in [0.2, 0.25) is 0 Å². The average molecular weight is 266 g/mol. The third-order valence-corrected chi connectivity index (χ3v) is 2.91. The van der Waals surface area contributed by atoms with E-state index in [1.54, 1.807) is 0 Å². The molecule has 7 heteroatoms. The minimum absolute atomic E-state index is 0.0893. The molecule has 1 heterocycles. The van der Waals surface area contributed by atoms with Crippen molar-refractivity contribution in [2.45, 2.75) is 6.54 Å². The molecule has 0 radical (unpaired) electrons. The van der Waals surface area contributed by atoms with E-state index in [1.165, 1.54) is 22.8 Å². The van der Waals surface area contributed by atoms with Crippen molar-refractivity contribution in [2.24, 2.45) is 0 Å². The van der Waals surface area contributed by atoms with Gasteiger partial charge in [-0.25, -0.2) is 4.79 Å². The molecule has 94 valence electrons. The van der Waals surface area contributed by atoms with Crippen LogP contribution in [0.4, 0.5) is 5.69 Å². The maximum absolute atomic E-state index is 11.6. The Morgan fingerprint density at radius 2 is 2.28 bits per heavy atom. The number of hydrogen-bond donors (Lipinski definition) is 1. The average Bonchev–Trinajstić information content (AvgIpc) is 2.65. The van der Waals surface area contributed by atoms with E-state index in [9.17, 15) is 14.9 Å². The smallest absolute Gasteiger partial charge is 0.408 e. The number of nitrogens with zero attached hydrogens (tertiary/aromatic N) is 2. The molecule has 0 fully saturated rings. The van der Waals surface area contributed by atoms with Crippen molar-refractivity contribution < 1.29 is 9.34 Å². The first-order chi connectivity index (χ1) is 8.52. The molecule has 0 aliphatic carbocycles. The minimum Gasteiger partial charge on any atom is -0.408 e. The normalized spacial score (nSPS) is 10.7. The molecule has 0 bridgehead atoms. The van der Waals surface area contributed by atoms with Gasteiger partial charge in [0.2, 0.25) is 0 Å². The zero-order chi connectivity index (χ0) is 13.3. The van der Waals surface area contributed by atoms with E-state index in [2.05, 4.69) is 19.2 Å². The van der Waals surface area contributed by atoms with Gasteiger partial charge in [-0.1, -0.05) is 6.58 Å². The molecule has 0 amide bonds. The van der Waals surface area contributed by atoms with Crippen LogP contribution in [0.25, 0.3) is 11.1 Å². The first-order valence-electron chi connectivity index (χ1n) is 5.08. The van der Waals surface area contributed by atoms with Crippen molar-refractivity contribution in [3.05, 3.63) is 51.0 Å². The lowest BCUT2D eigenvalue weighted by Gasteiger charge is -2.02. The molecule has 6 nitrogen and oxygen atoms in total. The molecule has 0 aliphatic heterocycles. The second-order valence-electron chi connectivity index (χ2n) is 3.77. The van der Waals surface area contributed by atoms with E-state index < -0.39 is 10.7 Å². The monoisotopic (exact) mass is 266 g/mol. The van der Waals surface area contributed by atoms with Crippen LogP contribution >= 0.6 is 12.6 Å². The summed E-state index contributed by atoms with van der Waals surface area (Å²) in [6, 6.07) is 4.02. The highest BCUT2D eigenvalue weighted by Crippen LogP contribution is 2.20. The van der Waals surface area contributed by atoms with Gasteiger partial charge in [0.25, 0.3) is 5.69 Å². The summed E-state index contributed by atoms with van der Waals surface area (Å²) in [6.07, 6.45) is 0. The number of oxazole rings is 1. The lowest BCUT2D eigenvalue weighted by Crippen LogP contribution is -2.15. The lowest BCUT2D eigenvalue weighted by atomic mass is 10.2. The predicted octanol–water partition coefficient (Wildman–Crippen LogP) is 1.99. The van der Waals surface area contributed by atoms with Crippen LogP contribution < -0.4 is 5.76 Å². The molecule has 1 aromatic carbocycles. The number of nitro groups is 1. The minimum atomic E-state index is -0.562. The Kier molecular flexibility index (Phi) is 3.24. The Morgan fingerprint density at radius 1 is 1.56 bits per heavy atom. The van der Waals surface area contributed by atoms with Gasteiger partial charge in [-0.2, -0.15) is 12.6 Å². The lowest BCUT2D eigenvalue weighted by molar-refractivity contribution is -0.384. The Balaban J connectivity index is 2.60. The SMILES string of the molecule is C=C(CS)Cn1c(=O)oc2ccc([N+](=O)[O-])cc21. The first kappa shape index (κ1) is 12.4. The van der Waals surface area contributed by atoms with Crippen LogP contribution in [0.15, 0.2) is 39.6 Å². The summed E-state index contributed by atoms with van der Waals surface area (Å²) in [5.74, 6) is -0.137. The number of rotatable bonds is 4. The Hall–Kier alpha value is -2.02. The molecule has 0 atom stereocenters. The van der Waals surface area contributed by atoms with Gasteiger partial charge >= 0.3 is 5.76 Å². The number of benzene rings is 1. The van der Waals surface area contributed by atoms with Gasteiger partial charge in [-0.3, -0.25) is 14.7 Å². The highest BCUT2D eigenvalue weighted by molar-refractivity contribution is 7.80. The van der Waals surface area contributed by atoms with Crippen LogP contribution in [-0.4, -0.2) is 15.2 Å². The summed E-state index contributed by atoms with van der Waals surface area (Å²) in [7, 11) is 0. The molecular formula is C11H10N2O4S. The van der Waals surface area contributed by atoms with E-state index >= 15 is 0 Å². The molecule has 1 aromatic heterocycles. The zero-order valence-electron chi connectivity index (χ0n) is 9.33. The Labute approximate surface area is 107 Å². The van der Waals surface area contributed by atoms with Gasteiger partial charge in [0.05, 0.1) is 17.0 Å². The van der Waals surface area contributed by atoms with Gasteiger partial charge in [0.1, 0.15) is 0 Å². The molecular weight excluding hydrogens is 256 g/mol. The number of fused-ring (bicyclic) bond motifs is 1. The standard InChI is InChI=1S/C11H10N2O4S/c1-7(6-18)5-12-9-4-8(13(15)16)2-3-10(9)17-11(12)14/h2-4,18H,1,5-6H2. The van der Waals surface area contributed by atoms with E-state index in [1.807, 2.05) is 0 Å². The molecule has 0 N–H and O–H groups in total. The highest BCUT2D eigenvalue weighted by atomic mass is 32.1. The largest absolute Gasteiger partial charge is 0.420 e. The van der Waals surface area contributed by atoms with Crippen molar-refractivity contribution in [1.29, 1.82) is 0 Å². The van der Waals surface area contributed by atoms with Crippen LogP contribution in [-0.2, 0) is 6.54 Å². The highest BCUT2D eigenvalue weighted by Gasteiger charge is 2.14. The van der Waals surface area contributed by atoms with Crippen LogP contribution in [0.1, 0.15) is 0 Å². The summed E-state index contributed by atoms with van der Waals surface area (Å²) < 4.78 is 6.30. The third-order valence-electron chi connectivity index (χ3n) is 2.47. The fourth-order valence-electron chi connectivity index (χ4n) is 1.59. The van der Waals surface area contributed by atoms with Gasteiger partial charge in [0, 0.05) is 17.9 Å². The van der Waals surface area contributed by atoms with Crippen molar-refractivity contribution in [1.82, 2.24) is 4.57 Å². The van der Waals surface area contributed by atoms with Crippen molar-refractivity contribution in [3.63, 3.8) is 0 Å². The van der Waals surface area contributed by atoms with Gasteiger partial charge in [-0.05, 0) is 11.6 Å². The molecule has 0 spiro atoms. The molecule has 2 aromatic rings. The molecule has 2 rings (SSSR count). The van der Waals surface area contributed by atoms with Crippen LogP contribution in [0.5, 0.6) is 0 Å². The number of thiol groups is 1. The van der Waals surface area contributed by atoms with Gasteiger partial charge < -0.3 is 4.42 Å². The van der Waals surface area contributed by atoms with Crippen LogP contribution in [0, 0.1) is 10.1 Å². The van der Waals surface area contributed by atoms with E-state index in [0.29, 0.717) is 16.9 Å². The quantitative estimate of drug-likeness (QED) is 0.397.